The normalized spacial score (nSPS) is 23.3. The topological polar surface area (TPSA) is 84.0 Å². The Bertz CT molecular complexity index is 760. The molecule has 0 spiro atoms. The molecule has 26 heavy (non-hydrogen) atoms. The Kier molecular flexibility index (Phi) is 4.34. The average molecular weight is 358 g/mol. The van der Waals surface area contributed by atoms with E-state index in [4.69, 9.17) is 4.74 Å². The van der Waals surface area contributed by atoms with Crippen molar-refractivity contribution in [2.75, 3.05) is 13.1 Å². The fourth-order valence-corrected chi connectivity index (χ4v) is 3.30. The van der Waals surface area contributed by atoms with E-state index >= 15 is 0 Å². The lowest BCUT2D eigenvalue weighted by Crippen LogP contribution is -2.59. The van der Waals surface area contributed by atoms with Crippen LogP contribution in [0.15, 0.2) is 24.3 Å². The number of nitrogens with zero attached hydrogens (tertiary/aromatic N) is 2. The van der Waals surface area contributed by atoms with E-state index in [-0.39, 0.29) is 30.0 Å². The second kappa shape index (κ2) is 6.23. The van der Waals surface area contributed by atoms with Crippen LogP contribution in [0.25, 0.3) is 0 Å². The minimum atomic E-state index is -1.00. The van der Waals surface area contributed by atoms with Crippen LogP contribution in [0, 0.1) is 5.92 Å². The highest BCUT2D eigenvalue weighted by atomic mass is 16.6. The molecule has 3 amide bonds. The number of fused-ring (bicyclic) bond motifs is 1. The number of benzene rings is 1. The number of rotatable bonds is 1. The van der Waals surface area contributed by atoms with Crippen molar-refractivity contribution in [2.45, 2.75) is 39.3 Å². The molecule has 0 aliphatic carbocycles. The molecular formula is C19H22N2O5. The first kappa shape index (κ1) is 18.1. The summed E-state index contributed by atoms with van der Waals surface area (Å²) < 4.78 is 5.37. The van der Waals surface area contributed by atoms with Gasteiger partial charge in [-0.2, -0.15) is 0 Å². The summed E-state index contributed by atoms with van der Waals surface area (Å²) in [6.45, 7) is 7.10. The van der Waals surface area contributed by atoms with Crippen molar-refractivity contribution in [1.29, 1.82) is 0 Å². The minimum Gasteiger partial charge on any atom is -0.444 e. The van der Waals surface area contributed by atoms with Gasteiger partial charge in [0, 0.05) is 12.5 Å². The zero-order valence-electron chi connectivity index (χ0n) is 15.3. The summed E-state index contributed by atoms with van der Waals surface area (Å²) in [4.78, 5) is 52.8. The third-order valence-corrected chi connectivity index (χ3v) is 4.49. The molecule has 138 valence electrons. The Morgan fingerprint density at radius 2 is 1.58 bits per heavy atom. The van der Waals surface area contributed by atoms with Gasteiger partial charge in [0.2, 0.25) is 0 Å². The predicted molar refractivity (Wildman–Crippen MR) is 92.7 cm³/mol. The number of likely N-dealkylation sites (tertiary alicyclic amines) is 1. The third-order valence-electron chi connectivity index (χ3n) is 4.49. The van der Waals surface area contributed by atoms with Crippen LogP contribution < -0.4 is 0 Å². The molecule has 0 radical (unpaired) electrons. The summed E-state index contributed by atoms with van der Waals surface area (Å²) >= 11 is 0. The number of carbonyl (C=O) groups excluding carboxylic acids is 4. The Balaban J connectivity index is 1.87. The fraction of sp³-hybridized carbons (Fsp3) is 0.474. The van der Waals surface area contributed by atoms with E-state index < -0.39 is 35.5 Å². The lowest BCUT2D eigenvalue weighted by Gasteiger charge is -2.38. The van der Waals surface area contributed by atoms with Crippen LogP contribution in [0.5, 0.6) is 0 Å². The average Bonchev–Trinajstić information content (AvgIpc) is 2.80. The summed E-state index contributed by atoms with van der Waals surface area (Å²) in [6.07, 6.45) is -0.557. The quantitative estimate of drug-likeness (QED) is 0.718. The highest BCUT2D eigenvalue weighted by molar-refractivity contribution is 6.23. The molecule has 2 atom stereocenters. The molecular weight excluding hydrogens is 336 g/mol. The molecule has 1 aromatic rings. The molecule has 0 bridgehead atoms. The number of hydrogen-bond donors (Lipinski definition) is 0. The Hall–Kier alpha value is -2.70. The molecule has 0 saturated carbocycles. The largest absolute Gasteiger partial charge is 0.444 e. The number of ketones is 1. The first-order valence-corrected chi connectivity index (χ1v) is 8.58. The number of imide groups is 1. The molecule has 0 N–H and O–H groups in total. The fourth-order valence-electron chi connectivity index (χ4n) is 3.30. The van der Waals surface area contributed by atoms with Crippen molar-refractivity contribution >= 4 is 23.7 Å². The van der Waals surface area contributed by atoms with E-state index in [1.54, 1.807) is 52.0 Å². The van der Waals surface area contributed by atoms with Gasteiger partial charge in [-0.3, -0.25) is 19.3 Å². The maximum atomic E-state index is 12.7. The number of amides is 3. The van der Waals surface area contributed by atoms with Gasteiger partial charge in [-0.15, -0.1) is 0 Å². The summed E-state index contributed by atoms with van der Waals surface area (Å²) in [5.74, 6) is -1.71. The molecule has 2 unspecified atom stereocenters. The number of carbonyl (C=O) groups is 4. The lowest BCUT2D eigenvalue weighted by molar-refractivity contribution is -0.130. The zero-order chi connectivity index (χ0) is 19.2. The summed E-state index contributed by atoms with van der Waals surface area (Å²) in [5.41, 5.74) is -0.105. The van der Waals surface area contributed by atoms with Crippen LogP contribution in [0.4, 0.5) is 4.79 Å². The molecule has 2 aliphatic rings. The van der Waals surface area contributed by atoms with Crippen molar-refractivity contribution in [3.63, 3.8) is 0 Å². The van der Waals surface area contributed by atoms with Crippen LogP contribution in [0.3, 0.4) is 0 Å². The van der Waals surface area contributed by atoms with Gasteiger partial charge in [0.25, 0.3) is 11.8 Å². The van der Waals surface area contributed by atoms with Gasteiger partial charge in [0.15, 0.2) is 5.78 Å². The van der Waals surface area contributed by atoms with E-state index in [0.717, 1.165) is 4.90 Å². The standard InChI is InChI=1S/C19H22N2O5/c1-11-9-20(18(25)26-19(2,3)4)10-14(15(11)22)21-16(23)12-7-5-6-8-13(12)17(21)24/h5-8,11,14H,9-10H2,1-4H3. The number of Topliss-reactive ketones (excluding diaryl/α,β-unsaturated/α-hetero) is 1. The van der Waals surface area contributed by atoms with Crippen LogP contribution in [0.1, 0.15) is 48.4 Å². The maximum Gasteiger partial charge on any atom is 0.410 e. The van der Waals surface area contributed by atoms with E-state index in [2.05, 4.69) is 0 Å². The number of piperidine rings is 1. The zero-order valence-corrected chi connectivity index (χ0v) is 15.3. The monoisotopic (exact) mass is 358 g/mol. The predicted octanol–water partition coefficient (Wildman–Crippen LogP) is 2.11. The summed E-state index contributed by atoms with van der Waals surface area (Å²) in [5, 5.41) is 0. The third kappa shape index (κ3) is 3.09. The Labute approximate surface area is 151 Å². The first-order valence-electron chi connectivity index (χ1n) is 8.58. The number of ether oxygens (including phenoxy) is 1. The summed E-state index contributed by atoms with van der Waals surface area (Å²) in [7, 11) is 0. The van der Waals surface area contributed by atoms with E-state index in [9.17, 15) is 19.2 Å². The summed E-state index contributed by atoms with van der Waals surface area (Å²) in [6, 6.07) is 5.48. The van der Waals surface area contributed by atoms with Crippen molar-refractivity contribution in [2.24, 2.45) is 5.92 Å². The first-order chi connectivity index (χ1) is 12.1. The van der Waals surface area contributed by atoms with Gasteiger partial charge in [-0.1, -0.05) is 19.1 Å². The SMILES string of the molecule is CC1CN(C(=O)OC(C)(C)C)CC(N2C(=O)c3ccccc3C2=O)C1=O. The van der Waals surface area contributed by atoms with Crippen LogP contribution >= 0.6 is 0 Å². The van der Waals surface area contributed by atoms with Crippen molar-refractivity contribution in [3.8, 4) is 0 Å². The molecule has 7 nitrogen and oxygen atoms in total. The van der Waals surface area contributed by atoms with Crippen LogP contribution in [-0.4, -0.2) is 58.2 Å². The molecule has 7 heteroatoms. The highest BCUT2D eigenvalue weighted by Gasteiger charge is 2.47. The molecule has 1 fully saturated rings. The van der Waals surface area contributed by atoms with Crippen molar-refractivity contribution in [3.05, 3.63) is 35.4 Å². The number of hydrogen-bond acceptors (Lipinski definition) is 5. The van der Waals surface area contributed by atoms with E-state index in [0.29, 0.717) is 0 Å². The Morgan fingerprint density at radius 3 is 2.08 bits per heavy atom. The van der Waals surface area contributed by atoms with Crippen LogP contribution in [-0.2, 0) is 9.53 Å². The molecule has 1 aromatic carbocycles. The molecule has 3 rings (SSSR count). The van der Waals surface area contributed by atoms with Gasteiger partial charge in [0.05, 0.1) is 17.7 Å². The second-order valence-corrected chi connectivity index (χ2v) is 7.73. The highest BCUT2D eigenvalue weighted by Crippen LogP contribution is 2.28. The van der Waals surface area contributed by atoms with Crippen molar-refractivity contribution in [1.82, 2.24) is 9.80 Å². The van der Waals surface area contributed by atoms with Gasteiger partial charge >= 0.3 is 6.09 Å². The molecule has 2 heterocycles. The van der Waals surface area contributed by atoms with Gasteiger partial charge in [0.1, 0.15) is 11.6 Å². The smallest absolute Gasteiger partial charge is 0.410 e. The minimum absolute atomic E-state index is 0.0520. The van der Waals surface area contributed by atoms with E-state index in [1.165, 1.54) is 4.90 Å². The Morgan fingerprint density at radius 1 is 1.04 bits per heavy atom. The van der Waals surface area contributed by atoms with Gasteiger partial charge in [-0.25, -0.2) is 4.79 Å². The maximum absolute atomic E-state index is 12.7. The molecule has 1 saturated heterocycles. The van der Waals surface area contributed by atoms with Crippen LogP contribution in [0.2, 0.25) is 0 Å². The van der Waals surface area contributed by atoms with Gasteiger partial charge in [-0.05, 0) is 32.9 Å². The van der Waals surface area contributed by atoms with E-state index in [1.807, 2.05) is 0 Å². The van der Waals surface area contributed by atoms with Crippen molar-refractivity contribution < 1.29 is 23.9 Å². The van der Waals surface area contributed by atoms with Gasteiger partial charge < -0.3 is 9.64 Å². The second-order valence-electron chi connectivity index (χ2n) is 7.73. The molecule has 2 aliphatic heterocycles. The molecule has 0 aromatic heterocycles. The lowest BCUT2D eigenvalue weighted by atomic mass is 9.93.